The highest BCUT2D eigenvalue weighted by Crippen LogP contribution is 2.22. The van der Waals surface area contributed by atoms with E-state index in [1.807, 2.05) is 24.3 Å². The molecule has 21 heavy (non-hydrogen) atoms. The Morgan fingerprint density at radius 2 is 1.76 bits per heavy atom. The zero-order valence-corrected chi connectivity index (χ0v) is 13.6. The van der Waals surface area contributed by atoms with Gasteiger partial charge in [0.2, 0.25) is 0 Å². The molecule has 1 aromatic rings. The lowest BCUT2D eigenvalue weighted by atomic mass is 9.87. The Morgan fingerprint density at radius 1 is 1.10 bits per heavy atom. The minimum atomic E-state index is -0.0349. The Balaban J connectivity index is 2.29. The lowest BCUT2D eigenvalue weighted by Gasteiger charge is -2.19. The van der Waals surface area contributed by atoms with Gasteiger partial charge in [-0.25, -0.2) is 0 Å². The summed E-state index contributed by atoms with van der Waals surface area (Å²) >= 11 is 0. The zero-order chi connectivity index (χ0) is 15.7. The number of methoxy groups -OCH3 is 1. The minimum Gasteiger partial charge on any atom is -0.382 e. The second kappa shape index (κ2) is 8.80. The second-order valence-corrected chi connectivity index (χ2v) is 6.04. The van der Waals surface area contributed by atoms with E-state index in [0.717, 1.165) is 6.42 Å². The number of carbonyl (C=O) groups is 1. The van der Waals surface area contributed by atoms with E-state index in [0.29, 0.717) is 31.9 Å². The average molecular weight is 293 g/mol. The summed E-state index contributed by atoms with van der Waals surface area (Å²) in [5, 5.41) is 2.90. The second-order valence-electron chi connectivity index (χ2n) is 6.04. The van der Waals surface area contributed by atoms with Crippen molar-refractivity contribution in [2.75, 3.05) is 33.5 Å². The molecule has 1 N–H and O–H groups in total. The molecule has 118 valence electrons. The number of hydrogen-bond donors (Lipinski definition) is 1. The van der Waals surface area contributed by atoms with Crippen LogP contribution in [-0.4, -0.2) is 39.4 Å². The van der Waals surface area contributed by atoms with Gasteiger partial charge in [-0.3, -0.25) is 4.79 Å². The van der Waals surface area contributed by atoms with E-state index in [9.17, 15) is 4.79 Å². The van der Waals surface area contributed by atoms with E-state index in [2.05, 4.69) is 26.1 Å². The maximum atomic E-state index is 12.0. The first-order valence-electron chi connectivity index (χ1n) is 7.40. The summed E-state index contributed by atoms with van der Waals surface area (Å²) < 4.78 is 10.2. The monoisotopic (exact) mass is 293 g/mol. The molecule has 0 saturated heterocycles. The number of amides is 1. The lowest BCUT2D eigenvalue weighted by Crippen LogP contribution is -2.25. The first-order chi connectivity index (χ1) is 9.95. The van der Waals surface area contributed by atoms with Gasteiger partial charge in [-0.15, -0.1) is 0 Å². The molecule has 1 rings (SSSR count). The molecule has 0 aliphatic heterocycles. The Hall–Kier alpha value is -1.39. The molecule has 0 bridgehead atoms. The molecule has 0 fully saturated rings. The van der Waals surface area contributed by atoms with Crippen LogP contribution in [0.2, 0.25) is 0 Å². The van der Waals surface area contributed by atoms with Crippen molar-refractivity contribution in [1.29, 1.82) is 0 Å². The predicted molar refractivity (Wildman–Crippen MR) is 84.8 cm³/mol. The Kier molecular flexibility index (Phi) is 7.40. The van der Waals surface area contributed by atoms with Crippen LogP contribution in [-0.2, 0) is 14.9 Å². The van der Waals surface area contributed by atoms with Gasteiger partial charge in [0.1, 0.15) is 0 Å². The van der Waals surface area contributed by atoms with E-state index in [4.69, 9.17) is 9.47 Å². The van der Waals surface area contributed by atoms with Crippen LogP contribution in [0.5, 0.6) is 0 Å². The SMILES string of the molecule is COCCOCCCNC(=O)c1ccc(C(C)(C)C)cc1. The predicted octanol–water partition coefficient (Wildman–Crippen LogP) is 2.77. The molecule has 0 aromatic heterocycles. The van der Waals surface area contributed by atoms with E-state index >= 15 is 0 Å². The summed E-state index contributed by atoms with van der Waals surface area (Å²) in [5.41, 5.74) is 2.03. The third kappa shape index (κ3) is 6.74. The van der Waals surface area contributed by atoms with Crippen LogP contribution in [0.4, 0.5) is 0 Å². The molecule has 1 amide bonds. The van der Waals surface area contributed by atoms with Crippen molar-refractivity contribution < 1.29 is 14.3 Å². The summed E-state index contributed by atoms with van der Waals surface area (Å²) in [5.74, 6) is -0.0349. The van der Waals surface area contributed by atoms with Crippen LogP contribution in [0.3, 0.4) is 0 Å². The Bertz CT molecular complexity index is 421. The largest absolute Gasteiger partial charge is 0.382 e. The number of hydrogen-bond acceptors (Lipinski definition) is 3. The van der Waals surface area contributed by atoms with Crippen LogP contribution in [0.15, 0.2) is 24.3 Å². The van der Waals surface area contributed by atoms with Gasteiger partial charge < -0.3 is 14.8 Å². The first kappa shape index (κ1) is 17.7. The zero-order valence-electron chi connectivity index (χ0n) is 13.6. The fourth-order valence-electron chi connectivity index (χ4n) is 1.84. The highest BCUT2D eigenvalue weighted by Gasteiger charge is 2.14. The number of rotatable bonds is 8. The first-order valence-corrected chi connectivity index (χ1v) is 7.40. The molecule has 0 heterocycles. The van der Waals surface area contributed by atoms with Crippen molar-refractivity contribution in [3.63, 3.8) is 0 Å². The molecule has 0 saturated carbocycles. The van der Waals surface area contributed by atoms with Gasteiger partial charge in [0.05, 0.1) is 13.2 Å². The van der Waals surface area contributed by atoms with Gasteiger partial charge in [-0.05, 0) is 29.5 Å². The van der Waals surface area contributed by atoms with E-state index in [1.165, 1.54) is 5.56 Å². The van der Waals surface area contributed by atoms with Crippen molar-refractivity contribution in [1.82, 2.24) is 5.32 Å². The molecule has 0 aliphatic carbocycles. The van der Waals surface area contributed by atoms with E-state index in [-0.39, 0.29) is 11.3 Å². The minimum absolute atomic E-state index is 0.0349. The number of ether oxygens (including phenoxy) is 2. The summed E-state index contributed by atoms with van der Waals surface area (Å²) in [7, 11) is 1.65. The Labute approximate surface area is 127 Å². The molecule has 4 nitrogen and oxygen atoms in total. The summed E-state index contributed by atoms with van der Waals surface area (Å²) in [4.78, 5) is 12.0. The summed E-state index contributed by atoms with van der Waals surface area (Å²) in [6, 6.07) is 7.79. The van der Waals surface area contributed by atoms with Gasteiger partial charge in [0, 0.05) is 25.8 Å². The maximum absolute atomic E-state index is 12.0. The van der Waals surface area contributed by atoms with Crippen LogP contribution in [0.25, 0.3) is 0 Å². The van der Waals surface area contributed by atoms with Crippen LogP contribution >= 0.6 is 0 Å². The van der Waals surface area contributed by atoms with Crippen LogP contribution < -0.4 is 5.32 Å². The molecule has 0 unspecified atom stereocenters. The van der Waals surface area contributed by atoms with E-state index < -0.39 is 0 Å². The maximum Gasteiger partial charge on any atom is 0.251 e. The number of benzene rings is 1. The molecule has 1 aromatic carbocycles. The number of carbonyl (C=O) groups excluding carboxylic acids is 1. The highest BCUT2D eigenvalue weighted by molar-refractivity contribution is 5.94. The molecule has 0 radical (unpaired) electrons. The summed E-state index contributed by atoms with van der Waals surface area (Å²) in [6.45, 7) is 8.92. The van der Waals surface area contributed by atoms with Gasteiger partial charge in [0.15, 0.2) is 0 Å². The fourth-order valence-corrected chi connectivity index (χ4v) is 1.84. The van der Waals surface area contributed by atoms with Gasteiger partial charge in [0.25, 0.3) is 5.91 Å². The summed E-state index contributed by atoms with van der Waals surface area (Å²) in [6.07, 6.45) is 0.801. The molecular formula is C17H27NO3. The highest BCUT2D eigenvalue weighted by atomic mass is 16.5. The molecule has 0 atom stereocenters. The van der Waals surface area contributed by atoms with E-state index in [1.54, 1.807) is 7.11 Å². The fraction of sp³-hybridized carbons (Fsp3) is 0.588. The molecular weight excluding hydrogens is 266 g/mol. The van der Waals surface area contributed by atoms with Gasteiger partial charge >= 0.3 is 0 Å². The number of nitrogens with one attached hydrogen (secondary N) is 1. The van der Waals surface area contributed by atoms with Gasteiger partial charge in [-0.2, -0.15) is 0 Å². The smallest absolute Gasteiger partial charge is 0.251 e. The van der Waals surface area contributed by atoms with Crippen molar-refractivity contribution in [2.45, 2.75) is 32.6 Å². The molecule has 4 heteroatoms. The van der Waals surface area contributed by atoms with Crippen LogP contribution in [0, 0.1) is 0 Å². The van der Waals surface area contributed by atoms with Crippen molar-refractivity contribution >= 4 is 5.91 Å². The van der Waals surface area contributed by atoms with Crippen molar-refractivity contribution in [3.05, 3.63) is 35.4 Å². The topological polar surface area (TPSA) is 47.6 Å². The van der Waals surface area contributed by atoms with Crippen LogP contribution in [0.1, 0.15) is 43.1 Å². The molecule has 0 aliphatic rings. The standard InChI is InChI=1S/C17H27NO3/c1-17(2,3)15-8-6-14(7-9-15)16(19)18-10-5-11-21-13-12-20-4/h6-9H,5,10-13H2,1-4H3,(H,18,19). The normalized spacial score (nSPS) is 11.4. The Morgan fingerprint density at radius 3 is 2.33 bits per heavy atom. The molecule has 0 spiro atoms. The third-order valence-corrected chi connectivity index (χ3v) is 3.20. The average Bonchev–Trinajstić information content (AvgIpc) is 2.45. The lowest BCUT2D eigenvalue weighted by molar-refractivity contribution is 0.0688. The van der Waals surface area contributed by atoms with Crippen molar-refractivity contribution in [2.24, 2.45) is 0 Å². The third-order valence-electron chi connectivity index (χ3n) is 3.20. The van der Waals surface area contributed by atoms with Crippen molar-refractivity contribution in [3.8, 4) is 0 Å². The van der Waals surface area contributed by atoms with Gasteiger partial charge in [-0.1, -0.05) is 32.9 Å². The quantitative estimate of drug-likeness (QED) is 0.750.